The van der Waals surface area contributed by atoms with Crippen molar-refractivity contribution in [1.29, 1.82) is 0 Å². The third kappa shape index (κ3) is 3.65. The highest BCUT2D eigenvalue weighted by atomic mass is 35.5. The minimum Gasteiger partial charge on any atom is -0.388 e. The number of hydrogen-bond acceptors (Lipinski definition) is 3. The molecule has 6 heteroatoms. The molecule has 1 aromatic rings. The number of carbonyl (C=O) groups is 1. The molecule has 2 N–H and O–H groups in total. The highest BCUT2D eigenvalue weighted by Crippen LogP contribution is 2.16. The van der Waals surface area contributed by atoms with Gasteiger partial charge in [-0.2, -0.15) is 0 Å². The Morgan fingerprint density at radius 2 is 2.17 bits per heavy atom. The maximum Gasteiger partial charge on any atom is 0.254 e. The van der Waals surface area contributed by atoms with Crippen LogP contribution < -0.4 is 5.32 Å². The van der Waals surface area contributed by atoms with Crippen molar-refractivity contribution in [3.05, 3.63) is 28.8 Å². The lowest BCUT2D eigenvalue weighted by Crippen LogP contribution is -2.42. The normalized spacial score (nSPS) is 11.4. The number of aliphatic hydroxyl groups is 1. The van der Waals surface area contributed by atoms with E-state index in [1.807, 2.05) is 13.8 Å². The number of carbonyl (C=O) groups excluding carboxylic acids is 1. The van der Waals surface area contributed by atoms with E-state index >= 15 is 0 Å². The van der Waals surface area contributed by atoms with E-state index in [4.69, 9.17) is 11.6 Å². The number of rotatable bonds is 5. The quantitative estimate of drug-likeness (QED) is 0.809. The summed E-state index contributed by atoms with van der Waals surface area (Å²) >= 11 is 5.71. The van der Waals surface area contributed by atoms with Crippen molar-refractivity contribution in [2.75, 3.05) is 6.54 Å². The molecule has 0 aliphatic heterocycles. The molecule has 0 saturated heterocycles. The van der Waals surface area contributed by atoms with E-state index < -0.39 is 17.3 Å². The van der Waals surface area contributed by atoms with Crippen molar-refractivity contribution in [3.63, 3.8) is 0 Å². The Balaban J connectivity index is 2.74. The molecule has 100 valence electrons. The smallest absolute Gasteiger partial charge is 0.254 e. The number of nitrogens with zero attached hydrogens (tertiary/aromatic N) is 1. The average molecular weight is 275 g/mol. The van der Waals surface area contributed by atoms with Crippen molar-refractivity contribution in [2.24, 2.45) is 0 Å². The topological polar surface area (TPSA) is 62.2 Å². The maximum absolute atomic E-state index is 13.0. The van der Waals surface area contributed by atoms with Crippen LogP contribution in [-0.4, -0.2) is 28.1 Å². The largest absolute Gasteiger partial charge is 0.388 e. The minimum absolute atomic E-state index is 0.0359. The fraction of sp³-hybridized carbons (Fsp3) is 0.500. The van der Waals surface area contributed by atoms with Crippen molar-refractivity contribution in [3.8, 4) is 0 Å². The van der Waals surface area contributed by atoms with Crippen LogP contribution >= 0.6 is 11.6 Å². The molecule has 0 aliphatic rings. The van der Waals surface area contributed by atoms with Crippen LogP contribution in [0.4, 0.5) is 4.39 Å². The molecule has 0 atom stereocenters. The van der Waals surface area contributed by atoms with Gasteiger partial charge in [0.15, 0.2) is 0 Å². The predicted octanol–water partition coefficient (Wildman–Crippen LogP) is 2.16. The van der Waals surface area contributed by atoms with E-state index in [9.17, 15) is 14.3 Å². The SMILES string of the molecule is CCC(O)(CC)CNC(=O)c1cc(F)cnc1Cl. The summed E-state index contributed by atoms with van der Waals surface area (Å²) in [5.41, 5.74) is -0.991. The molecule has 1 amide bonds. The molecule has 1 aromatic heterocycles. The molecule has 1 heterocycles. The van der Waals surface area contributed by atoms with Gasteiger partial charge in [0.1, 0.15) is 11.0 Å². The van der Waals surface area contributed by atoms with E-state index in [1.54, 1.807) is 0 Å². The number of nitrogens with one attached hydrogen (secondary N) is 1. The van der Waals surface area contributed by atoms with Gasteiger partial charge in [-0.3, -0.25) is 4.79 Å². The number of hydrogen-bond donors (Lipinski definition) is 2. The van der Waals surface area contributed by atoms with Crippen LogP contribution in [0.15, 0.2) is 12.3 Å². The monoisotopic (exact) mass is 274 g/mol. The number of halogens is 2. The summed E-state index contributed by atoms with van der Waals surface area (Å²) in [7, 11) is 0. The summed E-state index contributed by atoms with van der Waals surface area (Å²) in [6.07, 6.45) is 1.96. The predicted molar refractivity (Wildman–Crippen MR) is 67.1 cm³/mol. The first-order valence-electron chi connectivity index (χ1n) is 5.73. The van der Waals surface area contributed by atoms with Gasteiger partial charge in [0.05, 0.1) is 17.4 Å². The lowest BCUT2D eigenvalue weighted by Gasteiger charge is -2.25. The number of aromatic nitrogens is 1. The van der Waals surface area contributed by atoms with Crippen LogP contribution in [-0.2, 0) is 0 Å². The molecule has 0 unspecified atom stereocenters. The zero-order valence-electron chi connectivity index (χ0n) is 10.3. The second-order valence-corrected chi connectivity index (χ2v) is 4.46. The van der Waals surface area contributed by atoms with Crippen molar-refractivity contribution in [1.82, 2.24) is 10.3 Å². The van der Waals surface area contributed by atoms with Gasteiger partial charge < -0.3 is 10.4 Å². The summed E-state index contributed by atoms with van der Waals surface area (Å²) in [4.78, 5) is 15.3. The van der Waals surface area contributed by atoms with Crippen LogP contribution in [0.2, 0.25) is 5.15 Å². The zero-order valence-corrected chi connectivity index (χ0v) is 11.1. The molecule has 0 saturated carbocycles. The van der Waals surface area contributed by atoms with Crippen LogP contribution in [0.3, 0.4) is 0 Å². The Labute approximate surface area is 110 Å². The molecule has 0 bridgehead atoms. The van der Waals surface area contributed by atoms with Gasteiger partial charge >= 0.3 is 0 Å². The molecule has 0 spiro atoms. The highest BCUT2D eigenvalue weighted by molar-refractivity contribution is 6.32. The van der Waals surface area contributed by atoms with Crippen LogP contribution in [0.5, 0.6) is 0 Å². The van der Waals surface area contributed by atoms with Gasteiger partial charge in [-0.25, -0.2) is 9.37 Å². The summed E-state index contributed by atoms with van der Waals surface area (Å²) in [6, 6.07) is 1.02. The van der Waals surface area contributed by atoms with Crippen LogP contribution in [0.1, 0.15) is 37.0 Å². The molecule has 1 rings (SSSR count). The van der Waals surface area contributed by atoms with E-state index in [0.29, 0.717) is 12.8 Å². The van der Waals surface area contributed by atoms with Gasteiger partial charge in [-0.1, -0.05) is 25.4 Å². The Kier molecular flexibility index (Phi) is 5.04. The molecule has 18 heavy (non-hydrogen) atoms. The molecular formula is C12H16ClFN2O2. The van der Waals surface area contributed by atoms with E-state index in [0.717, 1.165) is 12.3 Å². The van der Waals surface area contributed by atoms with Gasteiger partial charge in [-0.15, -0.1) is 0 Å². The first kappa shape index (κ1) is 14.9. The lowest BCUT2D eigenvalue weighted by atomic mass is 9.97. The highest BCUT2D eigenvalue weighted by Gasteiger charge is 2.23. The zero-order chi connectivity index (χ0) is 13.8. The van der Waals surface area contributed by atoms with Crippen molar-refractivity contribution in [2.45, 2.75) is 32.3 Å². The molecule has 0 fully saturated rings. The van der Waals surface area contributed by atoms with E-state index in [-0.39, 0.29) is 17.3 Å². The van der Waals surface area contributed by atoms with Gasteiger partial charge in [0, 0.05) is 6.54 Å². The van der Waals surface area contributed by atoms with Gasteiger partial charge in [0.2, 0.25) is 0 Å². The van der Waals surface area contributed by atoms with E-state index in [1.165, 1.54) is 0 Å². The second-order valence-electron chi connectivity index (χ2n) is 4.11. The van der Waals surface area contributed by atoms with Gasteiger partial charge in [0.25, 0.3) is 5.91 Å². The molecular weight excluding hydrogens is 259 g/mol. The van der Waals surface area contributed by atoms with Crippen molar-refractivity contribution < 1.29 is 14.3 Å². The fourth-order valence-electron chi connectivity index (χ4n) is 1.42. The Morgan fingerprint density at radius 3 is 2.72 bits per heavy atom. The maximum atomic E-state index is 13.0. The number of pyridine rings is 1. The first-order chi connectivity index (χ1) is 8.41. The molecule has 0 radical (unpaired) electrons. The molecule has 0 aromatic carbocycles. The third-order valence-corrected chi connectivity index (χ3v) is 3.25. The lowest BCUT2D eigenvalue weighted by molar-refractivity contribution is 0.0314. The summed E-state index contributed by atoms with van der Waals surface area (Å²) in [5.74, 6) is -1.18. The summed E-state index contributed by atoms with van der Waals surface area (Å²) in [5, 5.41) is 12.5. The Morgan fingerprint density at radius 1 is 1.56 bits per heavy atom. The summed E-state index contributed by atoms with van der Waals surface area (Å²) < 4.78 is 13.0. The summed E-state index contributed by atoms with van der Waals surface area (Å²) in [6.45, 7) is 3.74. The molecule has 4 nitrogen and oxygen atoms in total. The first-order valence-corrected chi connectivity index (χ1v) is 6.11. The van der Waals surface area contributed by atoms with Gasteiger partial charge in [-0.05, 0) is 18.9 Å². The van der Waals surface area contributed by atoms with Crippen molar-refractivity contribution >= 4 is 17.5 Å². The van der Waals surface area contributed by atoms with Crippen LogP contribution in [0, 0.1) is 5.82 Å². The number of amides is 1. The Hall–Kier alpha value is -1.20. The third-order valence-electron chi connectivity index (χ3n) is 2.94. The average Bonchev–Trinajstić information content (AvgIpc) is 2.38. The molecule has 0 aliphatic carbocycles. The van der Waals surface area contributed by atoms with Crippen LogP contribution in [0.25, 0.3) is 0 Å². The fourth-order valence-corrected chi connectivity index (χ4v) is 1.61. The second kappa shape index (κ2) is 6.11. The minimum atomic E-state index is -0.955. The van der Waals surface area contributed by atoms with E-state index in [2.05, 4.69) is 10.3 Å². The Bertz CT molecular complexity index is 436. The standard InChI is InChI=1S/C12H16ClFN2O2/c1-3-12(18,4-2)7-16-11(17)9-5-8(14)6-15-10(9)13/h5-6,18H,3-4,7H2,1-2H3,(H,16,17).